The van der Waals surface area contributed by atoms with Crippen molar-refractivity contribution in [2.24, 2.45) is 5.73 Å². The van der Waals surface area contributed by atoms with Crippen LogP contribution in [0.15, 0.2) is 36.5 Å². The number of hydrogen-bond acceptors (Lipinski definition) is 3. The average molecular weight is 244 g/mol. The summed E-state index contributed by atoms with van der Waals surface area (Å²) < 4.78 is 5.32. The zero-order chi connectivity index (χ0) is 12.8. The SMILES string of the molecule is CCOCCCC(N)c1ccc2cccnc2c1. The molecule has 3 heteroatoms. The molecule has 3 nitrogen and oxygen atoms in total. The van der Waals surface area contributed by atoms with Crippen molar-refractivity contribution in [1.29, 1.82) is 0 Å². The third-order valence-corrected chi connectivity index (χ3v) is 3.07. The number of hydrogen-bond donors (Lipinski definition) is 1. The van der Waals surface area contributed by atoms with E-state index in [1.54, 1.807) is 0 Å². The van der Waals surface area contributed by atoms with E-state index >= 15 is 0 Å². The van der Waals surface area contributed by atoms with E-state index in [-0.39, 0.29) is 6.04 Å². The predicted molar refractivity (Wildman–Crippen MR) is 74.4 cm³/mol. The Morgan fingerprint density at radius 3 is 3.06 bits per heavy atom. The second-order valence-electron chi connectivity index (χ2n) is 4.40. The van der Waals surface area contributed by atoms with Crippen molar-refractivity contribution < 1.29 is 4.74 Å². The number of ether oxygens (including phenoxy) is 1. The van der Waals surface area contributed by atoms with Crippen molar-refractivity contribution >= 4 is 10.9 Å². The van der Waals surface area contributed by atoms with Gasteiger partial charge in [-0.1, -0.05) is 18.2 Å². The van der Waals surface area contributed by atoms with E-state index in [9.17, 15) is 0 Å². The smallest absolute Gasteiger partial charge is 0.0705 e. The first-order chi connectivity index (χ1) is 8.81. The topological polar surface area (TPSA) is 48.1 Å². The van der Waals surface area contributed by atoms with E-state index in [4.69, 9.17) is 10.5 Å². The van der Waals surface area contributed by atoms with Gasteiger partial charge in [0, 0.05) is 30.8 Å². The van der Waals surface area contributed by atoms with Crippen LogP contribution in [0.2, 0.25) is 0 Å². The van der Waals surface area contributed by atoms with Crippen LogP contribution >= 0.6 is 0 Å². The van der Waals surface area contributed by atoms with Crippen LogP contribution in [0.5, 0.6) is 0 Å². The molecule has 0 radical (unpaired) electrons. The molecule has 0 amide bonds. The Kier molecular flexibility index (Phi) is 4.67. The average Bonchev–Trinajstić information content (AvgIpc) is 2.43. The zero-order valence-corrected chi connectivity index (χ0v) is 10.8. The van der Waals surface area contributed by atoms with Crippen molar-refractivity contribution in [3.63, 3.8) is 0 Å². The van der Waals surface area contributed by atoms with E-state index in [1.165, 1.54) is 0 Å². The Bertz CT molecular complexity index is 499. The molecule has 2 N–H and O–H groups in total. The number of rotatable bonds is 6. The van der Waals surface area contributed by atoms with Crippen LogP contribution in [-0.2, 0) is 4.74 Å². The standard InChI is InChI=1S/C15H20N2O/c1-2-18-10-4-6-14(16)13-8-7-12-5-3-9-17-15(12)11-13/h3,5,7-9,11,14H,2,4,6,10,16H2,1H3. The Morgan fingerprint density at radius 1 is 1.33 bits per heavy atom. The van der Waals surface area contributed by atoms with Crippen LogP contribution in [0.4, 0.5) is 0 Å². The summed E-state index contributed by atoms with van der Waals surface area (Å²) >= 11 is 0. The summed E-state index contributed by atoms with van der Waals surface area (Å²) in [5.74, 6) is 0. The predicted octanol–water partition coefficient (Wildman–Crippen LogP) is 3.05. The molecule has 1 heterocycles. The highest BCUT2D eigenvalue weighted by atomic mass is 16.5. The highest BCUT2D eigenvalue weighted by molar-refractivity contribution is 5.78. The molecular formula is C15H20N2O. The Labute approximate surface area is 108 Å². The minimum absolute atomic E-state index is 0.0665. The van der Waals surface area contributed by atoms with Crippen LogP contribution in [0.25, 0.3) is 10.9 Å². The van der Waals surface area contributed by atoms with Gasteiger partial charge in [-0.15, -0.1) is 0 Å². The molecule has 0 fully saturated rings. The summed E-state index contributed by atoms with van der Waals surface area (Å²) in [7, 11) is 0. The highest BCUT2D eigenvalue weighted by Gasteiger charge is 2.06. The fraction of sp³-hybridized carbons (Fsp3) is 0.400. The Morgan fingerprint density at radius 2 is 2.22 bits per heavy atom. The maximum absolute atomic E-state index is 6.18. The highest BCUT2D eigenvalue weighted by Crippen LogP contribution is 2.20. The van der Waals surface area contributed by atoms with Crippen molar-refractivity contribution in [2.45, 2.75) is 25.8 Å². The second kappa shape index (κ2) is 6.47. The van der Waals surface area contributed by atoms with Crippen molar-refractivity contribution in [2.75, 3.05) is 13.2 Å². The van der Waals surface area contributed by atoms with Crippen LogP contribution in [0.3, 0.4) is 0 Å². The minimum atomic E-state index is 0.0665. The summed E-state index contributed by atoms with van der Waals surface area (Å²) in [6, 6.07) is 10.3. The number of nitrogens with two attached hydrogens (primary N) is 1. The van der Waals surface area contributed by atoms with Gasteiger partial charge in [0.2, 0.25) is 0 Å². The molecule has 1 unspecified atom stereocenters. The molecular weight excluding hydrogens is 224 g/mol. The molecule has 1 atom stereocenters. The molecule has 0 bridgehead atoms. The molecule has 0 saturated carbocycles. The quantitative estimate of drug-likeness (QED) is 0.794. The van der Waals surface area contributed by atoms with Gasteiger partial charge in [-0.05, 0) is 37.5 Å². The van der Waals surface area contributed by atoms with Crippen LogP contribution < -0.4 is 5.73 Å². The normalized spacial score (nSPS) is 12.8. The summed E-state index contributed by atoms with van der Waals surface area (Å²) in [6.07, 6.45) is 3.75. The summed E-state index contributed by atoms with van der Waals surface area (Å²) in [5.41, 5.74) is 8.35. The van der Waals surface area contributed by atoms with Crippen LogP contribution in [0, 0.1) is 0 Å². The summed E-state index contributed by atoms with van der Waals surface area (Å²) in [5, 5.41) is 1.16. The molecule has 2 rings (SSSR count). The van der Waals surface area contributed by atoms with Crippen molar-refractivity contribution in [3.8, 4) is 0 Å². The minimum Gasteiger partial charge on any atom is -0.382 e. The lowest BCUT2D eigenvalue weighted by Gasteiger charge is -2.12. The number of nitrogens with zero attached hydrogens (tertiary/aromatic N) is 1. The van der Waals surface area contributed by atoms with E-state index in [2.05, 4.69) is 29.2 Å². The monoisotopic (exact) mass is 244 g/mol. The zero-order valence-electron chi connectivity index (χ0n) is 10.8. The number of fused-ring (bicyclic) bond motifs is 1. The lowest BCUT2D eigenvalue weighted by molar-refractivity contribution is 0.142. The molecule has 0 aliphatic rings. The van der Waals surface area contributed by atoms with Gasteiger partial charge in [-0.25, -0.2) is 0 Å². The fourth-order valence-corrected chi connectivity index (χ4v) is 2.03. The molecule has 1 aromatic carbocycles. The fourth-order valence-electron chi connectivity index (χ4n) is 2.03. The number of pyridine rings is 1. The second-order valence-corrected chi connectivity index (χ2v) is 4.40. The van der Waals surface area contributed by atoms with Crippen LogP contribution in [0.1, 0.15) is 31.4 Å². The maximum Gasteiger partial charge on any atom is 0.0705 e. The third kappa shape index (κ3) is 3.28. The van der Waals surface area contributed by atoms with Gasteiger partial charge in [-0.2, -0.15) is 0 Å². The lowest BCUT2D eigenvalue weighted by atomic mass is 10.0. The summed E-state index contributed by atoms with van der Waals surface area (Å²) in [4.78, 5) is 4.35. The van der Waals surface area contributed by atoms with Gasteiger partial charge >= 0.3 is 0 Å². The van der Waals surface area contributed by atoms with Gasteiger partial charge in [0.1, 0.15) is 0 Å². The van der Waals surface area contributed by atoms with Gasteiger partial charge in [0.05, 0.1) is 5.52 Å². The first-order valence-corrected chi connectivity index (χ1v) is 6.49. The molecule has 0 saturated heterocycles. The van der Waals surface area contributed by atoms with E-state index in [0.29, 0.717) is 0 Å². The Balaban J connectivity index is 2.01. The molecule has 1 aromatic heterocycles. The van der Waals surface area contributed by atoms with E-state index < -0.39 is 0 Å². The van der Waals surface area contributed by atoms with E-state index in [0.717, 1.165) is 42.5 Å². The maximum atomic E-state index is 6.18. The van der Waals surface area contributed by atoms with Crippen molar-refractivity contribution in [3.05, 3.63) is 42.1 Å². The molecule has 0 aliphatic carbocycles. The van der Waals surface area contributed by atoms with Crippen molar-refractivity contribution in [1.82, 2.24) is 4.98 Å². The van der Waals surface area contributed by atoms with E-state index in [1.807, 2.05) is 19.2 Å². The Hall–Kier alpha value is -1.45. The third-order valence-electron chi connectivity index (χ3n) is 3.07. The van der Waals surface area contributed by atoms with Gasteiger partial charge < -0.3 is 10.5 Å². The van der Waals surface area contributed by atoms with Gasteiger partial charge in [-0.3, -0.25) is 4.98 Å². The molecule has 0 spiro atoms. The molecule has 0 aliphatic heterocycles. The van der Waals surface area contributed by atoms with Gasteiger partial charge in [0.15, 0.2) is 0 Å². The summed E-state index contributed by atoms with van der Waals surface area (Å²) in [6.45, 7) is 3.57. The molecule has 96 valence electrons. The van der Waals surface area contributed by atoms with Crippen LogP contribution in [-0.4, -0.2) is 18.2 Å². The number of benzene rings is 1. The molecule has 2 aromatic rings. The largest absolute Gasteiger partial charge is 0.382 e. The number of aromatic nitrogens is 1. The first-order valence-electron chi connectivity index (χ1n) is 6.49. The first kappa shape index (κ1) is 13.0. The van der Waals surface area contributed by atoms with Gasteiger partial charge in [0.25, 0.3) is 0 Å². The lowest BCUT2D eigenvalue weighted by Crippen LogP contribution is -2.11. The molecule has 18 heavy (non-hydrogen) atoms.